The molecular formula is C28H31BrClN3O4S. The van der Waals surface area contributed by atoms with Crippen LogP contribution in [0.25, 0.3) is 0 Å². The van der Waals surface area contributed by atoms with Crippen molar-refractivity contribution < 1.29 is 19.5 Å². The Kier molecular flexibility index (Phi) is 7.84. The number of aliphatic hydroxyl groups excluding tert-OH is 1. The number of fused-ring (bicyclic) bond motifs is 1. The van der Waals surface area contributed by atoms with Crippen molar-refractivity contribution >= 4 is 68.4 Å². The van der Waals surface area contributed by atoms with E-state index in [2.05, 4.69) is 26.6 Å². The molecule has 0 aromatic heterocycles. The minimum absolute atomic E-state index is 0.0465. The largest absolute Gasteiger partial charge is 0.394 e. The van der Waals surface area contributed by atoms with Gasteiger partial charge in [0, 0.05) is 15.8 Å². The third-order valence-electron chi connectivity index (χ3n) is 8.30. The molecule has 8 atom stereocenters. The number of nitrogens with zero attached hydrogens (tertiary/aromatic N) is 1. The number of halogens is 2. The average molecular weight is 621 g/mol. The van der Waals surface area contributed by atoms with Crippen molar-refractivity contribution in [1.82, 2.24) is 4.90 Å². The van der Waals surface area contributed by atoms with E-state index in [1.807, 2.05) is 44.2 Å². The molecule has 5 rings (SSSR count). The number of anilines is 2. The van der Waals surface area contributed by atoms with E-state index in [4.69, 9.17) is 11.6 Å². The zero-order chi connectivity index (χ0) is 27.2. The lowest BCUT2D eigenvalue weighted by Crippen LogP contribution is -2.56. The predicted molar refractivity (Wildman–Crippen MR) is 155 cm³/mol. The number of nitrogens with one attached hydrogen (secondary N) is 2. The number of hydrogen-bond donors (Lipinski definition) is 3. The summed E-state index contributed by atoms with van der Waals surface area (Å²) in [4.78, 5) is 43.6. The zero-order valence-corrected chi connectivity index (χ0v) is 24.3. The highest BCUT2D eigenvalue weighted by Gasteiger charge is 2.76. The topological polar surface area (TPSA) is 98.7 Å². The Balaban J connectivity index is 1.56. The molecule has 2 aromatic carbocycles. The van der Waals surface area contributed by atoms with Crippen LogP contribution in [0.15, 0.2) is 54.6 Å². The molecule has 3 saturated heterocycles. The predicted octanol–water partition coefficient (Wildman–Crippen LogP) is 4.79. The second kappa shape index (κ2) is 10.8. The molecular weight excluding hydrogens is 590 g/mol. The van der Waals surface area contributed by atoms with Gasteiger partial charge in [0.2, 0.25) is 17.7 Å². The lowest BCUT2D eigenvalue weighted by atomic mass is 9.70. The number of para-hydroxylation sites is 2. The molecule has 1 spiro atoms. The SMILES string of the molecule is CC[C@H](C)[C@H](CO)N1C(=O)[C@@H]2[C@@H](C(=O)Nc3ccccc3)[C@@H]3SC2(CC3Br)C1C(=O)Nc1ccccc1Cl. The van der Waals surface area contributed by atoms with Crippen molar-refractivity contribution in [2.24, 2.45) is 17.8 Å². The Morgan fingerprint density at radius 2 is 1.84 bits per heavy atom. The van der Waals surface area contributed by atoms with Gasteiger partial charge in [-0.2, -0.15) is 0 Å². The lowest BCUT2D eigenvalue weighted by molar-refractivity contribution is -0.142. The van der Waals surface area contributed by atoms with Crippen molar-refractivity contribution in [2.45, 2.75) is 53.6 Å². The molecule has 10 heteroatoms. The summed E-state index contributed by atoms with van der Waals surface area (Å²) in [7, 11) is 0. The highest BCUT2D eigenvalue weighted by molar-refractivity contribution is 9.09. The summed E-state index contributed by atoms with van der Waals surface area (Å²) in [5.74, 6) is -2.18. The van der Waals surface area contributed by atoms with Gasteiger partial charge >= 0.3 is 0 Å². The van der Waals surface area contributed by atoms with Crippen molar-refractivity contribution in [3.8, 4) is 0 Å². The van der Waals surface area contributed by atoms with E-state index in [0.29, 0.717) is 22.8 Å². The van der Waals surface area contributed by atoms with Crippen molar-refractivity contribution in [3.05, 3.63) is 59.6 Å². The van der Waals surface area contributed by atoms with Crippen LogP contribution in [0.4, 0.5) is 11.4 Å². The van der Waals surface area contributed by atoms with E-state index in [-0.39, 0.29) is 40.3 Å². The number of thioether (sulfide) groups is 1. The quantitative estimate of drug-likeness (QED) is 0.369. The average Bonchev–Trinajstić information content (AvgIpc) is 3.50. The van der Waals surface area contributed by atoms with Gasteiger partial charge in [-0.05, 0) is 36.6 Å². The van der Waals surface area contributed by atoms with Gasteiger partial charge < -0.3 is 20.6 Å². The summed E-state index contributed by atoms with van der Waals surface area (Å²) in [6.07, 6.45) is 1.28. The van der Waals surface area contributed by atoms with Gasteiger partial charge in [-0.1, -0.05) is 78.1 Å². The van der Waals surface area contributed by atoms with Crippen molar-refractivity contribution in [2.75, 3.05) is 17.2 Å². The van der Waals surface area contributed by atoms with E-state index in [0.717, 1.165) is 6.42 Å². The Hall–Kier alpha value is -2.07. The molecule has 0 aliphatic carbocycles. The highest BCUT2D eigenvalue weighted by atomic mass is 79.9. The second-order valence-electron chi connectivity index (χ2n) is 10.4. The molecule has 3 N–H and O–H groups in total. The number of carbonyl (C=O) groups is 3. The molecule has 2 aromatic rings. The normalized spacial score (nSPS) is 31.1. The number of aliphatic hydroxyl groups is 1. The van der Waals surface area contributed by atoms with Crippen LogP contribution in [0.2, 0.25) is 5.02 Å². The van der Waals surface area contributed by atoms with Gasteiger partial charge in [0.1, 0.15) is 6.04 Å². The summed E-state index contributed by atoms with van der Waals surface area (Å²) in [6.45, 7) is 3.70. The van der Waals surface area contributed by atoms with Crippen LogP contribution >= 0.6 is 39.3 Å². The monoisotopic (exact) mass is 619 g/mol. The number of amides is 3. The van der Waals surface area contributed by atoms with E-state index >= 15 is 0 Å². The molecule has 202 valence electrons. The molecule has 0 radical (unpaired) electrons. The fourth-order valence-corrected chi connectivity index (χ4v) is 10.1. The second-order valence-corrected chi connectivity index (χ2v) is 13.5. The summed E-state index contributed by atoms with van der Waals surface area (Å²) in [5.41, 5.74) is 1.12. The first-order chi connectivity index (χ1) is 18.2. The van der Waals surface area contributed by atoms with Crippen LogP contribution in [-0.4, -0.2) is 61.2 Å². The highest BCUT2D eigenvalue weighted by Crippen LogP contribution is 2.68. The smallest absolute Gasteiger partial charge is 0.248 e. The molecule has 3 aliphatic rings. The van der Waals surface area contributed by atoms with Crippen LogP contribution in [0.5, 0.6) is 0 Å². The number of alkyl halides is 1. The standard InChI is InChI=1S/C28H31BrClN3O4S/c1-3-15(2)20(14-34)33-24(26(36)32-19-12-8-7-11-18(19)30)28-13-17(29)23(38-28)21(22(28)27(33)37)25(35)31-16-9-5-4-6-10-16/h4-12,15,17,20-24,34H,3,13-14H2,1-2H3,(H,31,35)(H,32,36)/t15-,17?,20-,21+,22-,23+,24?,28?/m0/s1. The Labute approximate surface area is 240 Å². The molecule has 3 unspecified atom stereocenters. The summed E-state index contributed by atoms with van der Waals surface area (Å²) >= 11 is 11.7. The molecule has 38 heavy (non-hydrogen) atoms. The third-order valence-corrected chi connectivity index (χ3v) is 11.8. The van der Waals surface area contributed by atoms with Crippen LogP contribution in [0, 0.1) is 17.8 Å². The van der Waals surface area contributed by atoms with E-state index in [1.54, 1.807) is 40.9 Å². The first-order valence-corrected chi connectivity index (χ1v) is 15.1. The molecule has 3 heterocycles. The van der Waals surface area contributed by atoms with Gasteiger partial charge in [-0.25, -0.2) is 0 Å². The molecule has 3 aliphatic heterocycles. The number of benzene rings is 2. The molecule has 0 saturated carbocycles. The van der Waals surface area contributed by atoms with Crippen LogP contribution in [0.1, 0.15) is 26.7 Å². The Morgan fingerprint density at radius 1 is 1.16 bits per heavy atom. The fourth-order valence-electron chi connectivity index (χ4n) is 6.35. The molecule has 3 fully saturated rings. The van der Waals surface area contributed by atoms with Crippen molar-refractivity contribution in [3.63, 3.8) is 0 Å². The van der Waals surface area contributed by atoms with Gasteiger partial charge in [0.15, 0.2) is 0 Å². The maximum Gasteiger partial charge on any atom is 0.248 e. The number of carbonyl (C=O) groups excluding carboxylic acids is 3. The minimum Gasteiger partial charge on any atom is -0.394 e. The number of hydrogen-bond acceptors (Lipinski definition) is 5. The van der Waals surface area contributed by atoms with Gasteiger partial charge in [0.05, 0.1) is 39.9 Å². The molecule has 2 bridgehead atoms. The van der Waals surface area contributed by atoms with Gasteiger partial charge in [0.25, 0.3) is 0 Å². The summed E-state index contributed by atoms with van der Waals surface area (Å²) < 4.78 is -0.819. The number of likely N-dealkylation sites (tertiary alicyclic amines) is 1. The van der Waals surface area contributed by atoms with Crippen LogP contribution in [0.3, 0.4) is 0 Å². The van der Waals surface area contributed by atoms with E-state index in [1.165, 1.54) is 0 Å². The van der Waals surface area contributed by atoms with Crippen LogP contribution < -0.4 is 10.6 Å². The summed E-state index contributed by atoms with van der Waals surface area (Å²) in [5, 5.41) is 16.6. The molecule has 7 nitrogen and oxygen atoms in total. The Morgan fingerprint density at radius 3 is 2.50 bits per heavy atom. The van der Waals surface area contributed by atoms with Crippen molar-refractivity contribution in [1.29, 1.82) is 0 Å². The first kappa shape index (κ1) is 27.5. The maximum absolute atomic E-state index is 14.3. The van der Waals surface area contributed by atoms with Gasteiger partial charge in [-0.15, -0.1) is 11.8 Å². The summed E-state index contributed by atoms with van der Waals surface area (Å²) in [6, 6.07) is 14.7. The minimum atomic E-state index is -0.869. The number of rotatable bonds is 8. The lowest BCUT2D eigenvalue weighted by Gasteiger charge is -2.39. The van der Waals surface area contributed by atoms with Crippen LogP contribution in [-0.2, 0) is 14.4 Å². The van der Waals surface area contributed by atoms with E-state index < -0.39 is 28.7 Å². The first-order valence-electron chi connectivity index (χ1n) is 12.9. The Bertz CT molecular complexity index is 1240. The van der Waals surface area contributed by atoms with Gasteiger partial charge in [-0.3, -0.25) is 14.4 Å². The third kappa shape index (κ3) is 4.45. The maximum atomic E-state index is 14.3. The zero-order valence-electron chi connectivity index (χ0n) is 21.1. The molecule has 3 amide bonds. The fraction of sp³-hybridized carbons (Fsp3) is 0.464. The van der Waals surface area contributed by atoms with E-state index in [9.17, 15) is 19.5 Å².